The highest BCUT2D eigenvalue weighted by Gasteiger charge is 2.28. The fourth-order valence-electron chi connectivity index (χ4n) is 1.86. The molecule has 1 unspecified atom stereocenters. The zero-order chi connectivity index (χ0) is 14.8. The molecule has 1 heterocycles. The molecule has 1 saturated carbocycles. The molecule has 0 bridgehead atoms. The fourth-order valence-corrected chi connectivity index (χ4v) is 2.72. The lowest BCUT2D eigenvalue weighted by Crippen LogP contribution is -2.46. The topological polar surface area (TPSA) is 100 Å². The van der Waals surface area contributed by atoms with Gasteiger partial charge < -0.3 is 21.5 Å². The van der Waals surface area contributed by atoms with Crippen LogP contribution in [0.1, 0.15) is 49.2 Å². The van der Waals surface area contributed by atoms with Gasteiger partial charge in [0.05, 0.1) is 0 Å². The van der Waals surface area contributed by atoms with Crippen LogP contribution in [0.4, 0.5) is 10.9 Å². The quantitative estimate of drug-likeness (QED) is 0.612. The second-order valence-electron chi connectivity index (χ2n) is 5.49. The van der Waals surface area contributed by atoms with Crippen molar-refractivity contribution in [2.45, 2.75) is 51.1 Å². The van der Waals surface area contributed by atoms with Crippen LogP contribution in [0.15, 0.2) is 0 Å². The van der Waals surface area contributed by atoms with Gasteiger partial charge in [-0.2, -0.15) is 0 Å². The van der Waals surface area contributed by atoms with Crippen molar-refractivity contribution in [2.75, 3.05) is 17.7 Å². The summed E-state index contributed by atoms with van der Waals surface area (Å²) in [5.41, 5.74) is 5.40. The Morgan fingerprint density at radius 3 is 2.85 bits per heavy atom. The minimum absolute atomic E-state index is 0.0390. The average Bonchev–Trinajstić information content (AvgIpc) is 3.11. The summed E-state index contributed by atoms with van der Waals surface area (Å²) in [6.45, 7) is 3.94. The van der Waals surface area contributed by atoms with Crippen molar-refractivity contribution in [3.05, 3.63) is 4.88 Å². The number of aliphatic hydroxyl groups excluding tert-OH is 1. The lowest BCUT2D eigenvalue weighted by molar-refractivity contribution is 0.0891. The number of hydrogen-bond acceptors (Lipinski definition) is 6. The van der Waals surface area contributed by atoms with Gasteiger partial charge in [-0.25, -0.2) is 4.98 Å². The third kappa shape index (κ3) is 3.61. The maximum atomic E-state index is 12.3. The summed E-state index contributed by atoms with van der Waals surface area (Å²) in [5.74, 6) is 0.0414. The lowest BCUT2D eigenvalue weighted by atomic mass is 9.95. The average molecular weight is 298 g/mol. The van der Waals surface area contributed by atoms with Gasteiger partial charge in [-0.3, -0.25) is 4.79 Å². The first-order chi connectivity index (χ1) is 9.47. The normalized spacial score (nSPS) is 17.6. The summed E-state index contributed by atoms with van der Waals surface area (Å²) in [5, 5.41) is 16.0. The van der Waals surface area contributed by atoms with Crippen molar-refractivity contribution in [1.82, 2.24) is 10.3 Å². The number of rotatable bonds is 7. The zero-order valence-corrected chi connectivity index (χ0v) is 12.7. The molecule has 7 heteroatoms. The number of aromatic nitrogens is 1. The molecule has 0 aliphatic heterocycles. The third-order valence-corrected chi connectivity index (χ3v) is 4.62. The number of nitrogens with two attached hydrogens (primary N) is 1. The Kier molecular flexibility index (Phi) is 4.49. The van der Waals surface area contributed by atoms with Crippen LogP contribution < -0.4 is 16.4 Å². The van der Waals surface area contributed by atoms with Crippen LogP contribution >= 0.6 is 11.3 Å². The van der Waals surface area contributed by atoms with Crippen LogP contribution in [0.25, 0.3) is 0 Å². The number of anilines is 2. The van der Waals surface area contributed by atoms with Gasteiger partial charge in [-0.05, 0) is 32.6 Å². The Labute approximate surface area is 122 Å². The summed E-state index contributed by atoms with van der Waals surface area (Å²) in [6, 6.07) is 0.478. The highest BCUT2D eigenvalue weighted by molar-refractivity contribution is 7.18. The zero-order valence-electron chi connectivity index (χ0n) is 11.9. The summed E-state index contributed by atoms with van der Waals surface area (Å²) < 4.78 is 0. The van der Waals surface area contributed by atoms with Gasteiger partial charge in [0.15, 0.2) is 5.13 Å². The molecule has 0 aromatic carbocycles. The number of aliphatic hydroxyl groups is 1. The van der Waals surface area contributed by atoms with Gasteiger partial charge in [0.2, 0.25) is 0 Å². The SMILES string of the molecule is CCC(C)(CCO)NC(=O)c1sc(NC2CC2)nc1N. The number of nitrogen functional groups attached to an aromatic ring is 1. The molecule has 5 N–H and O–H groups in total. The van der Waals surface area contributed by atoms with Gasteiger partial charge in [-0.1, -0.05) is 18.3 Å². The summed E-state index contributed by atoms with van der Waals surface area (Å²) in [4.78, 5) is 16.9. The molecule has 1 aromatic rings. The van der Waals surface area contributed by atoms with Crippen molar-refractivity contribution in [3.63, 3.8) is 0 Å². The maximum absolute atomic E-state index is 12.3. The Hall–Kier alpha value is -1.34. The fraction of sp³-hybridized carbons (Fsp3) is 0.692. The van der Waals surface area contributed by atoms with Crippen LogP contribution in [-0.4, -0.2) is 34.2 Å². The van der Waals surface area contributed by atoms with E-state index in [0.717, 1.165) is 19.3 Å². The predicted octanol–water partition coefficient (Wildman–Crippen LogP) is 1.58. The van der Waals surface area contributed by atoms with Crippen molar-refractivity contribution in [3.8, 4) is 0 Å². The summed E-state index contributed by atoms with van der Waals surface area (Å²) >= 11 is 1.28. The van der Waals surface area contributed by atoms with Gasteiger partial charge >= 0.3 is 0 Å². The largest absolute Gasteiger partial charge is 0.396 e. The van der Waals surface area contributed by atoms with E-state index in [1.54, 1.807) is 0 Å². The van der Waals surface area contributed by atoms with E-state index in [4.69, 9.17) is 10.8 Å². The molecule has 0 spiro atoms. The number of nitrogens with zero attached hydrogens (tertiary/aromatic N) is 1. The first kappa shape index (κ1) is 15.1. The molecule has 1 atom stereocenters. The van der Waals surface area contributed by atoms with Gasteiger partial charge in [-0.15, -0.1) is 0 Å². The number of carbonyl (C=O) groups excluding carboxylic acids is 1. The Morgan fingerprint density at radius 1 is 1.60 bits per heavy atom. The number of carbonyl (C=O) groups is 1. The van der Waals surface area contributed by atoms with Crippen LogP contribution in [0.5, 0.6) is 0 Å². The minimum Gasteiger partial charge on any atom is -0.396 e. The van der Waals surface area contributed by atoms with E-state index in [-0.39, 0.29) is 18.3 Å². The van der Waals surface area contributed by atoms with E-state index in [0.29, 0.717) is 22.5 Å². The van der Waals surface area contributed by atoms with Crippen LogP contribution in [0, 0.1) is 0 Å². The van der Waals surface area contributed by atoms with E-state index >= 15 is 0 Å². The number of amides is 1. The van der Waals surface area contributed by atoms with E-state index in [2.05, 4.69) is 15.6 Å². The Morgan fingerprint density at radius 2 is 2.30 bits per heavy atom. The number of hydrogen-bond donors (Lipinski definition) is 4. The first-order valence-electron chi connectivity index (χ1n) is 6.93. The first-order valence-corrected chi connectivity index (χ1v) is 7.75. The van der Waals surface area contributed by atoms with Crippen molar-refractivity contribution in [2.24, 2.45) is 0 Å². The monoisotopic (exact) mass is 298 g/mol. The lowest BCUT2D eigenvalue weighted by Gasteiger charge is -2.28. The van der Waals surface area contributed by atoms with E-state index in [1.165, 1.54) is 11.3 Å². The second kappa shape index (κ2) is 5.97. The Bertz CT molecular complexity index is 487. The van der Waals surface area contributed by atoms with E-state index < -0.39 is 5.54 Å². The van der Waals surface area contributed by atoms with Gasteiger partial charge in [0, 0.05) is 18.2 Å². The smallest absolute Gasteiger partial charge is 0.265 e. The molecular formula is C13H22N4O2S. The van der Waals surface area contributed by atoms with E-state index in [9.17, 15) is 4.79 Å². The van der Waals surface area contributed by atoms with Crippen molar-refractivity contribution in [1.29, 1.82) is 0 Å². The summed E-state index contributed by atoms with van der Waals surface area (Å²) in [6.07, 6.45) is 3.54. The molecule has 112 valence electrons. The molecule has 1 aromatic heterocycles. The minimum atomic E-state index is -0.424. The Balaban J connectivity index is 2.05. The number of nitrogens with one attached hydrogen (secondary N) is 2. The van der Waals surface area contributed by atoms with Gasteiger partial charge in [0.1, 0.15) is 10.7 Å². The highest BCUT2D eigenvalue weighted by Crippen LogP contribution is 2.31. The molecule has 1 aliphatic carbocycles. The third-order valence-electron chi connectivity index (χ3n) is 3.62. The molecule has 2 rings (SSSR count). The molecular weight excluding hydrogens is 276 g/mol. The van der Waals surface area contributed by atoms with Crippen molar-refractivity contribution < 1.29 is 9.90 Å². The van der Waals surface area contributed by atoms with Crippen LogP contribution in [0.3, 0.4) is 0 Å². The van der Waals surface area contributed by atoms with E-state index in [1.807, 2.05) is 13.8 Å². The molecule has 1 fully saturated rings. The highest BCUT2D eigenvalue weighted by atomic mass is 32.1. The van der Waals surface area contributed by atoms with Gasteiger partial charge in [0.25, 0.3) is 5.91 Å². The molecule has 6 nitrogen and oxygen atoms in total. The van der Waals surface area contributed by atoms with Crippen LogP contribution in [-0.2, 0) is 0 Å². The second-order valence-corrected chi connectivity index (χ2v) is 6.49. The van der Waals surface area contributed by atoms with Crippen molar-refractivity contribution >= 4 is 28.2 Å². The molecule has 20 heavy (non-hydrogen) atoms. The van der Waals surface area contributed by atoms with Crippen LogP contribution in [0.2, 0.25) is 0 Å². The molecule has 0 saturated heterocycles. The molecule has 1 aliphatic rings. The predicted molar refractivity (Wildman–Crippen MR) is 81.0 cm³/mol. The summed E-state index contributed by atoms with van der Waals surface area (Å²) in [7, 11) is 0. The maximum Gasteiger partial charge on any atom is 0.265 e. The molecule has 1 amide bonds. The number of thiazole rings is 1. The standard InChI is InChI=1S/C13H22N4O2S/c1-3-13(2,6-7-18)17-11(19)9-10(14)16-12(20-9)15-8-4-5-8/h8,18H,3-7,14H2,1-2H3,(H,15,16)(H,17,19). The molecule has 0 radical (unpaired) electrons.